The number of aryl methyl sites for hydroxylation is 1. The zero-order valence-electron chi connectivity index (χ0n) is 11.7. The van der Waals surface area contributed by atoms with Gasteiger partial charge in [-0.1, -0.05) is 11.6 Å². The number of nitrogens with zero attached hydrogens (tertiary/aromatic N) is 3. The van der Waals surface area contributed by atoms with E-state index < -0.39 is 0 Å². The van der Waals surface area contributed by atoms with Gasteiger partial charge in [-0.15, -0.1) is 0 Å². The molecule has 0 bridgehead atoms. The van der Waals surface area contributed by atoms with Crippen LogP contribution in [-0.4, -0.2) is 29.1 Å². The fourth-order valence-corrected chi connectivity index (χ4v) is 2.67. The first kappa shape index (κ1) is 14.1. The van der Waals surface area contributed by atoms with Gasteiger partial charge in [0.2, 0.25) is 5.95 Å². The summed E-state index contributed by atoms with van der Waals surface area (Å²) in [5.41, 5.74) is 1.88. The van der Waals surface area contributed by atoms with E-state index in [1.807, 2.05) is 13.0 Å². The van der Waals surface area contributed by atoms with Gasteiger partial charge in [0.1, 0.15) is 5.82 Å². The minimum absolute atomic E-state index is 0.158. The second-order valence-electron chi connectivity index (χ2n) is 5.20. The number of aromatic nitrogens is 2. The molecule has 1 fully saturated rings. The summed E-state index contributed by atoms with van der Waals surface area (Å²) in [5.74, 6) is 0.265. The van der Waals surface area contributed by atoms with Crippen molar-refractivity contribution in [3.63, 3.8) is 0 Å². The third-order valence-corrected chi connectivity index (χ3v) is 3.87. The Hall–Kier alpha value is -1.88. The zero-order valence-corrected chi connectivity index (χ0v) is 12.4. The summed E-state index contributed by atoms with van der Waals surface area (Å²) in [6, 6.07) is 6.97. The van der Waals surface area contributed by atoms with Crippen molar-refractivity contribution in [3.05, 3.63) is 47.0 Å². The first-order chi connectivity index (χ1) is 10.1. The average Bonchev–Trinajstić information content (AvgIpc) is 2.90. The SMILES string of the molecule is Cc1ccnc(NC2CCN(c3ccc(F)c(Cl)c3)C2)n1. The van der Waals surface area contributed by atoms with Crippen molar-refractivity contribution < 1.29 is 4.39 Å². The van der Waals surface area contributed by atoms with Crippen LogP contribution in [0.15, 0.2) is 30.5 Å². The number of halogens is 2. The highest BCUT2D eigenvalue weighted by Gasteiger charge is 2.23. The van der Waals surface area contributed by atoms with E-state index in [-0.39, 0.29) is 16.9 Å². The number of anilines is 2. The van der Waals surface area contributed by atoms with Crippen LogP contribution in [-0.2, 0) is 0 Å². The molecule has 1 unspecified atom stereocenters. The van der Waals surface area contributed by atoms with Crippen molar-refractivity contribution in [2.45, 2.75) is 19.4 Å². The standard InChI is InChI=1S/C15H16ClFN4/c1-10-4-6-18-15(19-10)20-11-5-7-21(9-11)12-2-3-14(17)13(16)8-12/h2-4,6,8,11H,5,7,9H2,1H3,(H,18,19,20). The largest absolute Gasteiger partial charge is 0.369 e. The molecule has 1 aromatic carbocycles. The molecule has 1 N–H and O–H groups in total. The maximum absolute atomic E-state index is 13.2. The fraction of sp³-hybridized carbons (Fsp3) is 0.333. The highest BCUT2D eigenvalue weighted by Crippen LogP contribution is 2.26. The summed E-state index contributed by atoms with van der Waals surface area (Å²) in [5, 5.41) is 3.49. The Bertz CT molecular complexity index is 649. The maximum Gasteiger partial charge on any atom is 0.223 e. The minimum Gasteiger partial charge on any atom is -0.369 e. The van der Waals surface area contributed by atoms with Gasteiger partial charge >= 0.3 is 0 Å². The van der Waals surface area contributed by atoms with E-state index in [0.717, 1.165) is 30.9 Å². The number of nitrogens with one attached hydrogen (secondary N) is 1. The molecule has 1 atom stereocenters. The Morgan fingerprint density at radius 3 is 3.00 bits per heavy atom. The van der Waals surface area contributed by atoms with Crippen LogP contribution in [0.4, 0.5) is 16.0 Å². The van der Waals surface area contributed by atoms with Crippen LogP contribution in [0.2, 0.25) is 5.02 Å². The Kier molecular flexibility index (Phi) is 3.92. The lowest BCUT2D eigenvalue weighted by Crippen LogP contribution is -2.26. The quantitative estimate of drug-likeness (QED) is 0.945. The van der Waals surface area contributed by atoms with Gasteiger partial charge in [0.25, 0.3) is 0 Å². The van der Waals surface area contributed by atoms with Crippen molar-refractivity contribution in [1.29, 1.82) is 0 Å². The second kappa shape index (κ2) is 5.85. The van der Waals surface area contributed by atoms with Crippen LogP contribution >= 0.6 is 11.6 Å². The number of hydrogen-bond donors (Lipinski definition) is 1. The van der Waals surface area contributed by atoms with E-state index in [1.54, 1.807) is 18.3 Å². The van der Waals surface area contributed by atoms with Crippen molar-refractivity contribution in [2.24, 2.45) is 0 Å². The lowest BCUT2D eigenvalue weighted by Gasteiger charge is -2.19. The summed E-state index contributed by atoms with van der Waals surface area (Å²) in [6.45, 7) is 3.65. The van der Waals surface area contributed by atoms with Crippen LogP contribution in [0.3, 0.4) is 0 Å². The molecule has 1 aromatic heterocycles. The molecule has 0 radical (unpaired) electrons. The first-order valence-corrected chi connectivity index (χ1v) is 7.26. The molecule has 0 saturated carbocycles. The molecular weight excluding hydrogens is 291 g/mol. The van der Waals surface area contributed by atoms with Gasteiger partial charge in [0, 0.05) is 36.7 Å². The van der Waals surface area contributed by atoms with Crippen molar-refractivity contribution in [2.75, 3.05) is 23.3 Å². The predicted octanol–water partition coefficient (Wildman–Crippen LogP) is 3.27. The Labute approximate surface area is 128 Å². The molecule has 0 spiro atoms. The van der Waals surface area contributed by atoms with Gasteiger partial charge in [-0.25, -0.2) is 14.4 Å². The molecule has 110 valence electrons. The normalized spacial score (nSPS) is 18.0. The molecule has 1 aliphatic heterocycles. The van der Waals surface area contributed by atoms with E-state index in [9.17, 15) is 4.39 Å². The Morgan fingerprint density at radius 1 is 1.38 bits per heavy atom. The van der Waals surface area contributed by atoms with E-state index in [0.29, 0.717) is 5.95 Å². The third kappa shape index (κ3) is 3.24. The first-order valence-electron chi connectivity index (χ1n) is 6.88. The fourth-order valence-electron chi connectivity index (χ4n) is 2.50. The molecule has 0 amide bonds. The zero-order chi connectivity index (χ0) is 14.8. The Morgan fingerprint density at radius 2 is 2.24 bits per heavy atom. The summed E-state index contributed by atoms with van der Waals surface area (Å²) in [6.07, 6.45) is 2.73. The van der Waals surface area contributed by atoms with Gasteiger partial charge < -0.3 is 10.2 Å². The molecule has 1 saturated heterocycles. The van der Waals surface area contributed by atoms with Gasteiger partial charge in [-0.3, -0.25) is 0 Å². The molecule has 0 aliphatic carbocycles. The van der Waals surface area contributed by atoms with E-state index in [4.69, 9.17) is 11.6 Å². The topological polar surface area (TPSA) is 41.1 Å². The minimum atomic E-state index is -0.387. The van der Waals surface area contributed by atoms with E-state index in [1.165, 1.54) is 6.07 Å². The smallest absolute Gasteiger partial charge is 0.223 e. The monoisotopic (exact) mass is 306 g/mol. The molecule has 21 heavy (non-hydrogen) atoms. The van der Waals surface area contributed by atoms with Gasteiger partial charge in [0.15, 0.2) is 0 Å². The van der Waals surface area contributed by atoms with Crippen LogP contribution in [0.1, 0.15) is 12.1 Å². The molecule has 6 heteroatoms. The molecule has 4 nitrogen and oxygen atoms in total. The highest BCUT2D eigenvalue weighted by molar-refractivity contribution is 6.31. The van der Waals surface area contributed by atoms with Gasteiger partial charge in [-0.2, -0.15) is 0 Å². The molecular formula is C15H16ClFN4. The van der Waals surface area contributed by atoms with E-state index >= 15 is 0 Å². The van der Waals surface area contributed by atoms with Crippen LogP contribution in [0.5, 0.6) is 0 Å². The van der Waals surface area contributed by atoms with Crippen LogP contribution in [0, 0.1) is 12.7 Å². The summed E-state index contributed by atoms with van der Waals surface area (Å²) < 4.78 is 13.2. The summed E-state index contributed by atoms with van der Waals surface area (Å²) in [4.78, 5) is 10.7. The number of benzene rings is 1. The molecule has 3 rings (SSSR count). The molecule has 2 aromatic rings. The average molecular weight is 307 g/mol. The predicted molar refractivity (Wildman–Crippen MR) is 82.4 cm³/mol. The second-order valence-corrected chi connectivity index (χ2v) is 5.60. The third-order valence-electron chi connectivity index (χ3n) is 3.58. The molecule has 1 aliphatic rings. The highest BCUT2D eigenvalue weighted by atomic mass is 35.5. The summed E-state index contributed by atoms with van der Waals surface area (Å²) in [7, 11) is 0. The van der Waals surface area contributed by atoms with Crippen molar-refractivity contribution >= 4 is 23.2 Å². The summed E-state index contributed by atoms with van der Waals surface area (Å²) >= 11 is 5.84. The Balaban J connectivity index is 1.66. The molecule has 2 heterocycles. The van der Waals surface area contributed by atoms with Gasteiger partial charge in [-0.05, 0) is 37.6 Å². The number of hydrogen-bond acceptors (Lipinski definition) is 4. The van der Waals surface area contributed by atoms with Crippen molar-refractivity contribution in [3.8, 4) is 0 Å². The number of rotatable bonds is 3. The van der Waals surface area contributed by atoms with Crippen LogP contribution in [0.25, 0.3) is 0 Å². The maximum atomic E-state index is 13.2. The lowest BCUT2D eigenvalue weighted by molar-refractivity contribution is 0.628. The van der Waals surface area contributed by atoms with Gasteiger partial charge in [0.05, 0.1) is 5.02 Å². The van der Waals surface area contributed by atoms with Crippen LogP contribution < -0.4 is 10.2 Å². The lowest BCUT2D eigenvalue weighted by atomic mass is 10.2. The van der Waals surface area contributed by atoms with E-state index in [2.05, 4.69) is 20.2 Å². The van der Waals surface area contributed by atoms with Crippen molar-refractivity contribution in [1.82, 2.24) is 9.97 Å².